The summed E-state index contributed by atoms with van der Waals surface area (Å²) < 4.78 is 14.1. The molecule has 1 aliphatic heterocycles. The quantitative estimate of drug-likeness (QED) is 0.788. The fourth-order valence-corrected chi connectivity index (χ4v) is 3.39. The van der Waals surface area contributed by atoms with Gasteiger partial charge in [-0.05, 0) is 42.5 Å². The maximum Gasteiger partial charge on any atom is 0.222 e. The molecule has 1 amide bonds. The number of hydrogen-bond acceptors (Lipinski definition) is 1. The summed E-state index contributed by atoms with van der Waals surface area (Å²) >= 11 is 3.29. The highest BCUT2D eigenvalue weighted by Crippen LogP contribution is 2.24. The van der Waals surface area contributed by atoms with Crippen molar-refractivity contribution >= 4 is 21.8 Å². The van der Waals surface area contributed by atoms with Crippen molar-refractivity contribution in [1.29, 1.82) is 0 Å². The maximum absolute atomic E-state index is 13.4. The van der Waals surface area contributed by atoms with Crippen molar-refractivity contribution < 1.29 is 9.18 Å². The third kappa shape index (κ3) is 4.30. The van der Waals surface area contributed by atoms with Crippen LogP contribution >= 0.6 is 15.9 Å². The molecular formula is C16H21BrFNO. The Bertz CT molecular complexity index is 457. The Hall–Kier alpha value is -0.900. The second-order valence-corrected chi connectivity index (χ2v) is 6.49. The Morgan fingerprint density at radius 1 is 1.35 bits per heavy atom. The molecule has 1 saturated heterocycles. The molecule has 0 aromatic heterocycles. The second kappa shape index (κ2) is 7.21. The van der Waals surface area contributed by atoms with Gasteiger partial charge in [-0.1, -0.05) is 35.7 Å². The van der Waals surface area contributed by atoms with Gasteiger partial charge in [0.2, 0.25) is 5.91 Å². The summed E-state index contributed by atoms with van der Waals surface area (Å²) in [5.41, 5.74) is 0.846. The van der Waals surface area contributed by atoms with E-state index >= 15 is 0 Å². The summed E-state index contributed by atoms with van der Waals surface area (Å²) in [6.45, 7) is 3.49. The molecule has 0 aliphatic carbocycles. The molecule has 2 rings (SSSR count). The molecule has 4 heteroatoms. The molecule has 1 fully saturated rings. The van der Waals surface area contributed by atoms with Crippen LogP contribution in [0.5, 0.6) is 0 Å². The van der Waals surface area contributed by atoms with Crippen molar-refractivity contribution in [3.63, 3.8) is 0 Å². The highest BCUT2D eigenvalue weighted by Gasteiger charge is 2.22. The Morgan fingerprint density at radius 3 is 2.85 bits per heavy atom. The van der Waals surface area contributed by atoms with Gasteiger partial charge < -0.3 is 4.90 Å². The summed E-state index contributed by atoms with van der Waals surface area (Å²) in [5.74, 6) is 0.595. The summed E-state index contributed by atoms with van der Waals surface area (Å²) in [5, 5.41) is 0. The van der Waals surface area contributed by atoms with Gasteiger partial charge >= 0.3 is 0 Å². The number of amides is 1. The lowest BCUT2D eigenvalue weighted by Gasteiger charge is -2.21. The molecule has 110 valence electrons. The first-order chi connectivity index (χ1) is 9.58. The van der Waals surface area contributed by atoms with Crippen LogP contribution in [0.15, 0.2) is 22.7 Å². The first-order valence-electron chi connectivity index (χ1n) is 7.31. The lowest BCUT2D eigenvalue weighted by Crippen LogP contribution is -2.29. The number of halogens is 2. The van der Waals surface area contributed by atoms with Crippen LogP contribution in [-0.4, -0.2) is 17.4 Å². The molecule has 1 atom stereocenters. The molecule has 1 aromatic carbocycles. The van der Waals surface area contributed by atoms with Gasteiger partial charge in [-0.2, -0.15) is 0 Å². The van der Waals surface area contributed by atoms with E-state index in [1.165, 1.54) is 25.0 Å². The molecular weight excluding hydrogens is 321 g/mol. The molecule has 0 saturated carbocycles. The lowest BCUT2D eigenvalue weighted by molar-refractivity contribution is -0.131. The molecule has 0 N–H and O–H groups in total. The van der Waals surface area contributed by atoms with E-state index in [2.05, 4.69) is 22.9 Å². The molecule has 2 nitrogen and oxygen atoms in total. The van der Waals surface area contributed by atoms with Crippen LogP contribution in [0.2, 0.25) is 0 Å². The zero-order chi connectivity index (χ0) is 14.5. The smallest absolute Gasteiger partial charge is 0.222 e. The summed E-state index contributed by atoms with van der Waals surface area (Å²) in [6.07, 6.45) is 5.07. The number of hydrogen-bond donors (Lipinski definition) is 0. The minimum Gasteiger partial charge on any atom is -0.338 e. The molecule has 1 aliphatic rings. The van der Waals surface area contributed by atoms with Crippen LogP contribution in [0.1, 0.15) is 44.6 Å². The minimum atomic E-state index is -0.263. The molecule has 1 aromatic rings. The van der Waals surface area contributed by atoms with Crippen molar-refractivity contribution in [3.05, 3.63) is 34.1 Å². The van der Waals surface area contributed by atoms with E-state index in [1.54, 1.807) is 0 Å². The topological polar surface area (TPSA) is 20.3 Å². The SMILES string of the molecule is CCCC1CCC(=O)N(Cc2cc(F)cc(Br)c2)CC1. The van der Waals surface area contributed by atoms with Gasteiger partial charge in [0, 0.05) is 24.0 Å². The normalized spacial score (nSPS) is 20.1. The second-order valence-electron chi connectivity index (χ2n) is 5.58. The Morgan fingerprint density at radius 2 is 2.15 bits per heavy atom. The molecule has 20 heavy (non-hydrogen) atoms. The molecule has 0 bridgehead atoms. The monoisotopic (exact) mass is 341 g/mol. The summed E-state index contributed by atoms with van der Waals surface area (Å²) in [6, 6.07) is 4.82. The molecule has 0 spiro atoms. The van der Waals surface area contributed by atoms with Crippen molar-refractivity contribution in [2.75, 3.05) is 6.54 Å². The van der Waals surface area contributed by atoms with Crippen LogP contribution in [0.3, 0.4) is 0 Å². The molecule has 1 unspecified atom stereocenters. The van der Waals surface area contributed by atoms with Gasteiger partial charge in [-0.25, -0.2) is 4.39 Å². The van der Waals surface area contributed by atoms with Crippen LogP contribution in [0.25, 0.3) is 0 Å². The third-order valence-corrected chi connectivity index (χ3v) is 4.38. The van der Waals surface area contributed by atoms with Crippen molar-refractivity contribution in [2.24, 2.45) is 5.92 Å². The first kappa shape index (κ1) is 15.5. The average Bonchev–Trinajstić information content (AvgIpc) is 2.53. The van der Waals surface area contributed by atoms with E-state index in [1.807, 2.05) is 11.0 Å². The van der Waals surface area contributed by atoms with E-state index in [-0.39, 0.29) is 11.7 Å². The van der Waals surface area contributed by atoms with E-state index in [0.717, 1.165) is 29.4 Å². The Labute approximate surface area is 128 Å². The average molecular weight is 342 g/mol. The molecule has 0 radical (unpaired) electrons. The zero-order valence-corrected chi connectivity index (χ0v) is 13.5. The van der Waals surface area contributed by atoms with Crippen molar-refractivity contribution in [3.8, 4) is 0 Å². The molecule has 1 heterocycles. The Balaban J connectivity index is 2.02. The number of likely N-dealkylation sites (tertiary alicyclic amines) is 1. The highest BCUT2D eigenvalue weighted by atomic mass is 79.9. The van der Waals surface area contributed by atoms with Gasteiger partial charge in [0.1, 0.15) is 5.82 Å². The first-order valence-corrected chi connectivity index (χ1v) is 8.10. The number of benzene rings is 1. The maximum atomic E-state index is 13.4. The zero-order valence-electron chi connectivity index (χ0n) is 11.9. The fourth-order valence-electron chi connectivity index (χ4n) is 2.88. The van der Waals surface area contributed by atoms with E-state index in [4.69, 9.17) is 0 Å². The van der Waals surface area contributed by atoms with Crippen LogP contribution in [-0.2, 0) is 11.3 Å². The standard InChI is InChI=1S/C16H21BrFNO/c1-2-3-12-4-5-16(20)19(7-6-12)11-13-8-14(17)10-15(18)9-13/h8-10,12H,2-7,11H2,1H3. The fraction of sp³-hybridized carbons (Fsp3) is 0.562. The van der Waals surface area contributed by atoms with Crippen LogP contribution in [0.4, 0.5) is 4.39 Å². The predicted molar refractivity (Wildman–Crippen MR) is 81.8 cm³/mol. The largest absolute Gasteiger partial charge is 0.338 e. The van der Waals surface area contributed by atoms with E-state index < -0.39 is 0 Å². The third-order valence-electron chi connectivity index (χ3n) is 3.92. The summed E-state index contributed by atoms with van der Waals surface area (Å²) in [7, 11) is 0. The predicted octanol–water partition coefficient (Wildman–Crippen LogP) is 4.52. The minimum absolute atomic E-state index is 0.198. The number of nitrogens with zero attached hydrogens (tertiary/aromatic N) is 1. The number of rotatable bonds is 4. The van der Waals surface area contributed by atoms with Gasteiger partial charge in [0.15, 0.2) is 0 Å². The van der Waals surface area contributed by atoms with E-state index in [0.29, 0.717) is 18.9 Å². The van der Waals surface area contributed by atoms with Gasteiger partial charge in [-0.3, -0.25) is 4.79 Å². The van der Waals surface area contributed by atoms with Gasteiger partial charge in [0.05, 0.1) is 0 Å². The van der Waals surface area contributed by atoms with E-state index in [9.17, 15) is 9.18 Å². The lowest BCUT2D eigenvalue weighted by atomic mass is 9.96. The Kier molecular flexibility index (Phi) is 5.58. The highest BCUT2D eigenvalue weighted by molar-refractivity contribution is 9.10. The van der Waals surface area contributed by atoms with Gasteiger partial charge in [0.25, 0.3) is 0 Å². The number of carbonyl (C=O) groups excluding carboxylic acids is 1. The number of carbonyl (C=O) groups is 1. The van der Waals surface area contributed by atoms with Crippen LogP contribution in [0, 0.1) is 11.7 Å². The van der Waals surface area contributed by atoms with Crippen molar-refractivity contribution in [2.45, 2.75) is 45.6 Å². The van der Waals surface area contributed by atoms with Crippen molar-refractivity contribution in [1.82, 2.24) is 4.90 Å². The summed E-state index contributed by atoms with van der Waals surface area (Å²) in [4.78, 5) is 14.0. The van der Waals surface area contributed by atoms with Crippen LogP contribution < -0.4 is 0 Å². The van der Waals surface area contributed by atoms with Gasteiger partial charge in [-0.15, -0.1) is 0 Å².